The van der Waals surface area contributed by atoms with Gasteiger partial charge in [0.15, 0.2) is 0 Å². The van der Waals surface area contributed by atoms with Crippen LogP contribution in [0.4, 0.5) is 11.4 Å². The number of nitriles is 1. The summed E-state index contributed by atoms with van der Waals surface area (Å²) in [5.41, 5.74) is 2.59. The van der Waals surface area contributed by atoms with Crippen LogP contribution in [0.5, 0.6) is 17.4 Å². The zero-order valence-electron chi connectivity index (χ0n) is 22.0. The summed E-state index contributed by atoms with van der Waals surface area (Å²) in [4.78, 5) is 14.9. The SMILES string of the molecule is CCCS(=O)(=O)Nc1ccc(-c2c(C#N)c3ccc(Oc4ncccc4[N+](=O)[O-])cc3n2C2CCC2)c(OC)c1. The van der Waals surface area contributed by atoms with Crippen molar-refractivity contribution in [2.75, 3.05) is 17.6 Å². The fraction of sp³-hybridized carbons (Fsp3) is 0.286. The van der Waals surface area contributed by atoms with Gasteiger partial charge in [0, 0.05) is 41.4 Å². The van der Waals surface area contributed by atoms with Gasteiger partial charge in [-0.05, 0) is 56.0 Å². The van der Waals surface area contributed by atoms with Gasteiger partial charge >= 0.3 is 5.69 Å². The van der Waals surface area contributed by atoms with E-state index < -0.39 is 14.9 Å². The van der Waals surface area contributed by atoms with E-state index in [1.165, 1.54) is 25.4 Å². The zero-order valence-corrected chi connectivity index (χ0v) is 22.8. The van der Waals surface area contributed by atoms with Crippen molar-refractivity contribution in [2.24, 2.45) is 0 Å². The zero-order chi connectivity index (χ0) is 28.4. The van der Waals surface area contributed by atoms with Crippen molar-refractivity contribution in [3.8, 4) is 34.7 Å². The van der Waals surface area contributed by atoms with Gasteiger partial charge < -0.3 is 14.0 Å². The van der Waals surface area contributed by atoms with E-state index >= 15 is 0 Å². The Hall–Kier alpha value is -4.63. The van der Waals surface area contributed by atoms with Gasteiger partial charge in [0.1, 0.15) is 17.6 Å². The summed E-state index contributed by atoms with van der Waals surface area (Å²) in [6, 6.07) is 15.4. The number of ether oxygens (including phenoxy) is 2. The van der Waals surface area contributed by atoms with Crippen LogP contribution in [0.1, 0.15) is 44.2 Å². The molecule has 0 bridgehead atoms. The first kappa shape index (κ1) is 27.0. The molecule has 0 saturated heterocycles. The molecular weight excluding hydrogens is 534 g/mol. The summed E-state index contributed by atoms with van der Waals surface area (Å²) in [6.45, 7) is 1.79. The van der Waals surface area contributed by atoms with E-state index in [2.05, 4.69) is 20.3 Å². The van der Waals surface area contributed by atoms with Crippen molar-refractivity contribution in [3.05, 3.63) is 70.4 Å². The van der Waals surface area contributed by atoms with Gasteiger partial charge in [-0.1, -0.05) is 6.92 Å². The van der Waals surface area contributed by atoms with Crippen LogP contribution in [0, 0.1) is 21.4 Å². The average Bonchev–Trinajstić information content (AvgIpc) is 3.20. The van der Waals surface area contributed by atoms with Crippen molar-refractivity contribution >= 4 is 32.3 Å². The first-order chi connectivity index (χ1) is 19.3. The Labute approximate surface area is 231 Å². The van der Waals surface area contributed by atoms with Crippen LogP contribution in [0.2, 0.25) is 0 Å². The second-order valence-corrected chi connectivity index (χ2v) is 11.3. The molecule has 2 aromatic heterocycles. The molecule has 0 amide bonds. The number of sulfonamides is 1. The standard InChI is InChI=1S/C28H27N5O6S/c1-3-14-40(36,37)31-18-9-11-22(26(15-18)38-2)27-23(17-29)21-12-10-20(16-25(21)32(27)19-6-4-7-19)39-28-24(33(34)35)8-5-13-30-28/h5,8-13,15-16,19,31H,3-4,6-7,14H2,1-2H3. The smallest absolute Gasteiger partial charge is 0.331 e. The number of aromatic nitrogens is 2. The highest BCUT2D eigenvalue weighted by molar-refractivity contribution is 7.92. The fourth-order valence-electron chi connectivity index (χ4n) is 4.92. The highest BCUT2D eigenvalue weighted by atomic mass is 32.2. The lowest BCUT2D eigenvalue weighted by atomic mass is 9.92. The minimum Gasteiger partial charge on any atom is -0.496 e. The lowest BCUT2D eigenvalue weighted by Gasteiger charge is -2.30. The van der Waals surface area contributed by atoms with Gasteiger partial charge in [0.2, 0.25) is 10.0 Å². The number of fused-ring (bicyclic) bond motifs is 1. The Morgan fingerprint density at radius 2 is 2.02 bits per heavy atom. The Bertz CT molecular complexity index is 1760. The Kier molecular flexibility index (Phi) is 7.32. The van der Waals surface area contributed by atoms with Gasteiger partial charge in [0.05, 0.1) is 40.2 Å². The third-order valence-corrected chi connectivity index (χ3v) is 8.38. The maximum absolute atomic E-state index is 12.3. The van der Waals surface area contributed by atoms with E-state index in [-0.39, 0.29) is 23.4 Å². The topological polar surface area (TPSA) is 149 Å². The molecule has 206 valence electrons. The summed E-state index contributed by atoms with van der Waals surface area (Å²) in [5.74, 6) is 0.628. The van der Waals surface area contributed by atoms with Crippen LogP contribution in [0.15, 0.2) is 54.7 Å². The van der Waals surface area contributed by atoms with E-state index in [0.717, 1.165) is 24.8 Å². The molecule has 2 aromatic carbocycles. The molecule has 1 saturated carbocycles. The molecule has 12 heteroatoms. The number of pyridine rings is 1. The van der Waals surface area contributed by atoms with Gasteiger partial charge in [-0.25, -0.2) is 13.4 Å². The molecule has 11 nitrogen and oxygen atoms in total. The number of rotatable bonds is 10. The van der Waals surface area contributed by atoms with E-state index in [9.17, 15) is 23.8 Å². The van der Waals surface area contributed by atoms with Gasteiger partial charge in [-0.3, -0.25) is 14.8 Å². The van der Waals surface area contributed by atoms with Crippen LogP contribution in [-0.2, 0) is 10.0 Å². The maximum atomic E-state index is 12.3. The first-order valence-corrected chi connectivity index (χ1v) is 14.5. The minimum absolute atomic E-state index is 0.00235. The van der Waals surface area contributed by atoms with Crippen molar-refractivity contribution < 1.29 is 22.8 Å². The predicted molar refractivity (Wildman–Crippen MR) is 150 cm³/mol. The van der Waals surface area contributed by atoms with E-state index in [1.54, 1.807) is 43.3 Å². The van der Waals surface area contributed by atoms with Crippen molar-refractivity contribution in [1.82, 2.24) is 9.55 Å². The fourth-order valence-corrected chi connectivity index (χ4v) is 6.04. The summed E-state index contributed by atoms with van der Waals surface area (Å²) in [7, 11) is -2.00. The highest BCUT2D eigenvalue weighted by Crippen LogP contribution is 2.46. The molecule has 40 heavy (non-hydrogen) atoms. The van der Waals surface area contributed by atoms with Gasteiger partial charge in [-0.15, -0.1) is 0 Å². The third-order valence-electron chi connectivity index (χ3n) is 6.89. The predicted octanol–water partition coefficient (Wildman–Crippen LogP) is 6.16. The highest BCUT2D eigenvalue weighted by Gasteiger charge is 2.30. The minimum atomic E-state index is -3.50. The van der Waals surface area contributed by atoms with E-state index in [0.29, 0.717) is 45.8 Å². The van der Waals surface area contributed by atoms with Crippen molar-refractivity contribution in [3.63, 3.8) is 0 Å². The normalized spacial score (nSPS) is 13.4. The van der Waals surface area contributed by atoms with E-state index in [4.69, 9.17) is 9.47 Å². The molecule has 1 N–H and O–H groups in total. The molecule has 0 unspecified atom stereocenters. The Morgan fingerprint density at radius 1 is 1.23 bits per heavy atom. The van der Waals surface area contributed by atoms with Crippen molar-refractivity contribution in [2.45, 2.75) is 38.6 Å². The molecular formula is C28H27N5O6S. The van der Waals surface area contributed by atoms with Crippen LogP contribution >= 0.6 is 0 Å². The van der Waals surface area contributed by atoms with Gasteiger partial charge in [-0.2, -0.15) is 5.26 Å². The molecule has 2 heterocycles. The van der Waals surface area contributed by atoms with E-state index in [1.807, 2.05) is 0 Å². The number of anilines is 1. The Morgan fingerprint density at radius 3 is 2.67 bits per heavy atom. The number of hydrogen-bond acceptors (Lipinski definition) is 8. The Balaban J connectivity index is 1.65. The lowest BCUT2D eigenvalue weighted by molar-refractivity contribution is -0.386. The third kappa shape index (κ3) is 5.03. The van der Waals surface area contributed by atoms with Crippen LogP contribution in [0.3, 0.4) is 0 Å². The van der Waals surface area contributed by atoms with Gasteiger partial charge in [0.25, 0.3) is 5.88 Å². The number of nitro groups is 1. The quantitative estimate of drug-likeness (QED) is 0.179. The number of methoxy groups -OCH3 is 1. The number of benzene rings is 2. The summed E-state index contributed by atoms with van der Waals surface area (Å²) in [6.07, 6.45) is 4.77. The second-order valence-electron chi connectivity index (χ2n) is 9.49. The molecule has 0 spiro atoms. The monoisotopic (exact) mass is 561 g/mol. The first-order valence-electron chi connectivity index (χ1n) is 12.8. The molecule has 1 aliphatic carbocycles. The molecule has 4 aromatic rings. The average molecular weight is 562 g/mol. The molecule has 1 fully saturated rings. The number of nitrogens with zero attached hydrogens (tertiary/aromatic N) is 4. The largest absolute Gasteiger partial charge is 0.496 e. The molecule has 0 aliphatic heterocycles. The van der Waals surface area contributed by atoms with Crippen molar-refractivity contribution in [1.29, 1.82) is 5.26 Å². The van der Waals surface area contributed by atoms with Crippen LogP contribution < -0.4 is 14.2 Å². The van der Waals surface area contributed by atoms with Crippen LogP contribution in [0.25, 0.3) is 22.2 Å². The second kappa shape index (κ2) is 10.9. The number of hydrogen-bond donors (Lipinski definition) is 1. The number of nitrogens with one attached hydrogen (secondary N) is 1. The lowest BCUT2D eigenvalue weighted by Crippen LogP contribution is -2.18. The summed E-state index contributed by atoms with van der Waals surface area (Å²) >= 11 is 0. The summed E-state index contributed by atoms with van der Waals surface area (Å²) < 4.78 is 40.9. The maximum Gasteiger partial charge on any atom is 0.331 e. The molecule has 0 radical (unpaired) electrons. The molecule has 5 rings (SSSR count). The molecule has 0 atom stereocenters. The summed E-state index contributed by atoms with van der Waals surface area (Å²) in [5, 5.41) is 22.4. The molecule has 1 aliphatic rings. The van der Waals surface area contributed by atoms with Crippen LogP contribution in [-0.4, -0.2) is 35.8 Å².